The average molecular weight is 676 g/mol. The van der Waals surface area contributed by atoms with E-state index in [9.17, 15) is 37.2 Å². The predicted molar refractivity (Wildman–Crippen MR) is 168 cm³/mol. The maximum atomic E-state index is 15.0. The Balaban J connectivity index is 1.51. The minimum absolute atomic E-state index is 0.0103. The number of aromatic nitrogens is 1. The van der Waals surface area contributed by atoms with Gasteiger partial charge in [-0.15, -0.1) is 0 Å². The first-order valence-electron chi connectivity index (χ1n) is 14.9. The Morgan fingerprint density at radius 1 is 1.00 bits per heavy atom. The number of benzene rings is 3. The summed E-state index contributed by atoms with van der Waals surface area (Å²) in [6, 6.07) is 17.5. The summed E-state index contributed by atoms with van der Waals surface area (Å²) < 4.78 is 57.1. The molecule has 2 fully saturated rings. The van der Waals surface area contributed by atoms with E-state index in [2.05, 4.69) is 10.3 Å². The number of hydrogen-bond donors (Lipinski definition) is 1. The van der Waals surface area contributed by atoms with Crippen LogP contribution in [0.25, 0.3) is 0 Å². The zero-order chi connectivity index (χ0) is 34.2. The Morgan fingerprint density at radius 3 is 2.31 bits per heavy atom. The number of nitriles is 1. The van der Waals surface area contributed by atoms with Crippen molar-refractivity contribution >= 4 is 40.8 Å². The Bertz CT molecular complexity index is 1910. The van der Waals surface area contributed by atoms with Crippen molar-refractivity contribution in [1.29, 1.82) is 5.26 Å². The molecule has 3 atom stereocenters. The summed E-state index contributed by atoms with van der Waals surface area (Å²) in [7, 11) is 0. The highest BCUT2D eigenvalue weighted by atomic mass is 35.5. The molecule has 2 aliphatic rings. The van der Waals surface area contributed by atoms with Gasteiger partial charge in [0.2, 0.25) is 11.8 Å². The number of rotatable bonds is 8. The van der Waals surface area contributed by atoms with Crippen LogP contribution in [0.15, 0.2) is 91.1 Å². The standard InChI is InChI=1S/C35H26ClF4N5O3/c36-28-9-5-4-8-26(28)31(32(46)43-24-17-35(39,40)18-24)44(25-14-22(37)13-23(38)15-25)34(48)29-16-27(21-6-2-1-3-7-21)33(47)45(29)30-12-20(19-41)10-11-42-30/h1-15,24,27,29,31H,16-18H2,(H,43,46)/t27-,29+,31+/m1/s1. The van der Waals surface area contributed by atoms with E-state index in [1.807, 2.05) is 6.07 Å². The highest BCUT2D eigenvalue weighted by molar-refractivity contribution is 6.31. The highest BCUT2D eigenvalue weighted by Crippen LogP contribution is 2.42. The van der Waals surface area contributed by atoms with Crippen molar-refractivity contribution < 1.29 is 31.9 Å². The van der Waals surface area contributed by atoms with Crippen molar-refractivity contribution in [1.82, 2.24) is 10.3 Å². The number of hydrogen-bond acceptors (Lipinski definition) is 5. The molecular weight excluding hydrogens is 650 g/mol. The van der Waals surface area contributed by atoms with E-state index in [1.165, 1.54) is 36.5 Å². The molecule has 1 aliphatic heterocycles. The Kier molecular flexibility index (Phi) is 8.90. The summed E-state index contributed by atoms with van der Waals surface area (Å²) >= 11 is 6.54. The van der Waals surface area contributed by atoms with Crippen LogP contribution in [-0.4, -0.2) is 40.7 Å². The lowest BCUT2D eigenvalue weighted by Gasteiger charge is -2.39. The van der Waals surface area contributed by atoms with Gasteiger partial charge in [-0.3, -0.25) is 24.2 Å². The first-order valence-corrected chi connectivity index (χ1v) is 15.3. The molecule has 13 heteroatoms. The summed E-state index contributed by atoms with van der Waals surface area (Å²) in [5.74, 6) is -8.42. The lowest BCUT2D eigenvalue weighted by atomic mass is 9.87. The van der Waals surface area contributed by atoms with Crippen LogP contribution >= 0.6 is 11.6 Å². The maximum Gasteiger partial charge on any atom is 0.252 e. The summed E-state index contributed by atoms with van der Waals surface area (Å²) in [5, 5.41) is 12.1. The number of carbonyl (C=O) groups excluding carboxylic acids is 3. The van der Waals surface area contributed by atoms with Gasteiger partial charge in [0.15, 0.2) is 0 Å². The molecule has 244 valence electrons. The third-order valence-corrected chi connectivity index (χ3v) is 8.76. The van der Waals surface area contributed by atoms with Crippen LogP contribution in [0.1, 0.15) is 47.9 Å². The minimum Gasteiger partial charge on any atom is -0.351 e. The molecule has 1 N–H and O–H groups in total. The van der Waals surface area contributed by atoms with Gasteiger partial charge in [-0.25, -0.2) is 22.5 Å². The number of nitrogens with one attached hydrogen (secondary N) is 1. The summed E-state index contributed by atoms with van der Waals surface area (Å²) in [6.07, 6.45) is -0.116. The molecule has 0 bridgehead atoms. The summed E-state index contributed by atoms with van der Waals surface area (Å²) in [4.78, 5) is 49.4. The first-order chi connectivity index (χ1) is 23.0. The van der Waals surface area contributed by atoms with E-state index in [-0.39, 0.29) is 34.1 Å². The molecule has 48 heavy (non-hydrogen) atoms. The van der Waals surface area contributed by atoms with Crippen molar-refractivity contribution in [3.05, 3.63) is 124 Å². The molecule has 6 rings (SSSR count). The predicted octanol–water partition coefficient (Wildman–Crippen LogP) is 6.46. The van der Waals surface area contributed by atoms with E-state index >= 15 is 0 Å². The van der Waals surface area contributed by atoms with Gasteiger partial charge in [0, 0.05) is 41.7 Å². The van der Waals surface area contributed by atoms with Gasteiger partial charge in [0.1, 0.15) is 29.5 Å². The number of nitrogens with zero attached hydrogens (tertiary/aromatic N) is 4. The lowest BCUT2D eigenvalue weighted by molar-refractivity contribution is -0.133. The van der Waals surface area contributed by atoms with Crippen LogP contribution in [0.2, 0.25) is 5.02 Å². The van der Waals surface area contributed by atoms with E-state index < -0.39 is 72.2 Å². The van der Waals surface area contributed by atoms with E-state index in [4.69, 9.17) is 11.6 Å². The van der Waals surface area contributed by atoms with Crippen LogP contribution in [0, 0.1) is 23.0 Å². The Morgan fingerprint density at radius 2 is 1.67 bits per heavy atom. The topological polar surface area (TPSA) is 106 Å². The number of amides is 3. The average Bonchev–Trinajstić information content (AvgIpc) is 3.39. The van der Waals surface area contributed by atoms with Gasteiger partial charge in [0.05, 0.1) is 23.2 Å². The molecule has 1 saturated carbocycles. The molecule has 1 aliphatic carbocycles. The number of halogens is 5. The van der Waals surface area contributed by atoms with Crippen molar-refractivity contribution in [3.63, 3.8) is 0 Å². The van der Waals surface area contributed by atoms with Crippen LogP contribution < -0.4 is 15.1 Å². The SMILES string of the molecule is N#Cc1ccnc(N2C(=O)[C@@H](c3ccccc3)C[C@H]2C(=O)N(c2cc(F)cc(F)c2)[C@H](C(=O)NC2CC(F)(F)C2)c2ccccc2Cl)c1. The molecule has 1 aromatic heterocycles. The molecule has 3 aromatic carbocycles. The van der Waals surface area contributed by atoms with E-state index in [1.54, 1.807) is 36.4 Å². The number of anilines is 2. The lowest BCUT2D eigenvalue weighted by Crippen LogP contribution is -2.56. The molecule has 1 saturated heterocycles. The quantitative estimate of drug-likeness (QED) is 0.216. The fraction of sp³-hybridized carbons (Fsp3) is 0.229. The fourth-order valence-corrected chi connectivity index (χ4v) is 6.44. The van der Waals surface area contributed by atoms with Crippen LogP contribution in [0.3, 0.4) is 0 Å². The van der Waals surface area contributed by atoms with Crippen LogP contribution in [-0.2, 0) is 14.4 Å². The number of carbonyl (C=O) groups is 3. The molecule has 8 nitrogen and oxygen atoms in total. The smallest absolute Gasteiger partial charge is 0.252 e. The molecule has 0 radical (unpaired) electrons. The monoisotopic (exact) mass is 675 g/mol. The molecule has 0 unspecified atom stereocenters. The van der Waals surface area contributed by atoms with Crippen LogP contribution in [0.4, 0.5) is 29.1 Å². The molecular formula is C35H26ClF4N5O3. The largest absolute Gasteiger partial charge is 0.351 e. The second kappa shape index (κ2) is 13.1. The van der Waals surface area contributed by atoms with Crippen molar-refractivity contribution in [2.45, 2.75) is 49.2 Å². The first kappa shape index (κ1) is 32.7. The molecule has 0 spiro atoms. The van der Waals surface area contributed by atoms with Gasteiger partial charge in [-0.2, -0.15) is 5.26 Å². The molecule has 4 aromatic rings. The van der Waals surface area contributed by atoms with Crippen LogP contribution in [0.5, 0.6) is 0 Å². The van der Waals surface area contributed by atoms with Crippen molar-refractivity contribution in [3.8, 4) is 6.07 Å². The normalized spacial score (nSPS) is 19.2. The fourth-order valence-electron chi connectivity index (χ4n) is 6.20. The number of alkyl halides is 2. The van der Waals surface area contributed by atoms with E-state index in [0.717, 1.165) is 21.9 Å². The zero-order valence-corrected chi connectivity index (χ0v) is 25.8. The van der Waals surface area contributed by atoms with Gasteiger partial charge in [-0.1, -0.05) is 60.1 Å². The van der Waals surface area contributed by atoms with Gasteiger partial charge in [-0.05, 0) is 42.3 Å². The second-order valence-electron chi connectivity index (χ2n) is 11.7. The highest BCUT2D eigenvalue weighted by Gasteiger charge is 2.50. The maximum absolute atomic E-state index is 15.0. The van der Waals surface area contributed by atoms with Gasteiger partial charge >= 0.3 is 0 Å². The third kappa shape index (κ3) is 6.46. The van der Waals surface area contributed by atoms with Gasteiger partial charge in [0.25, 0.3) is 11.8 Å². The summed E-state index contributed by atoms with van der Waals surface area (Å²) in [5.41, 5.74) is 0.386. The van der Waals surface area contributed by atoms with E-state index in [0.29, 0.717) is 11.6 Å². The second-order valence-corrected chi connectivity index (χ2v) is 12.1. The molecule has 2 heterocycles. The third-order valence-electron chi connectivity index (χ3n) is 8.42. The molecule has 3 amide bonds. The Labute approximate surface area is 277 Å². The Hall–Kier alpha value is -5.28. The zero-order valence-electron chi connectivity index (χ0n) is 25.0. The van der Waals surface area contributed by atoms with Crippen molar-refractivity contribution in [2.75, 3.05) is 9.80 Å². The van der Waals surface area contributed by atoms with Crippen molar-refractivity contribution in [2.24, 2.45) is 0 Å². The van der Waals surface area contributed by atoms with Gasteiger partial charge < -0.3 is 5.32 Å². The number of pyridine rings is 1. The summed E-state index contributed by atoms with van der Waals surface area (Å²) in [6.45, 7) is 0. The minimum atomic E-state index is -2.98.